The zero-order valence-electron chi connectivity index (χ0n) is 11.3. The Bertz CT molecular complexity index is 404. The van der Waals surface area contributed by atoms with E-state index in [4.69, 9.17) is 11.6 Å². The fraction of sp³-hybridized carbons (Fsp3) is 0.692. The summed E-state index contributed by atoms with van der Waals surface area (Å²) >= 11 is 6.01. The molecule has 0 aliphatic heterocycles. The van der Waals surface area contributed by atoms with Crippen LogP contribution in [0, 0.1) is 0 Å². The Balaban J connectivity index is 1.88. The van der Waals surface area contributed by atoms with Gasteiger partial charge in [-0.3, -0.25) is 0 Å². The van der Waals surface area contributed by atoms with Gasteiger partial charge < -0.3 is 10.2 Å². The summed E-state index contributed by atoms with van der Waals surface area (Å²) in [5, 5.41) is 3.85. The number of anilines is 1. The first kappa shape index (κ1) is 13.6. The predicted octanol–water partition coefficient (Wildman–Crippen LogP) is 2.76. The van der Waals surface area contributed by atoms with E-state index in [1.807, 2.05) is 0 Å². The predicted molar refractivity (Wildman–Crippen MR) is 75.3 cm³/mol. The molecule has 100 valence electrons. The summed E-state index contributed by atoms with van der Waals surface area (Å²) in [6, 6.07) is 2.35. The van der Waals surface area contributed by atoms with Crippen LogP contribution in [-0.2, 0) is 0 Å². The smallest absolute Gasteiger partial charge is 0.135 e. The van der Waals surface area contributed by atoms with E-state index in [-0.39, 0.29) is 0 Å². The lowest BCUT2D eigenvalue weighted by Gasteiger charge is -2.21. The van der Waals surface area contributed by atoms with Gasteiger partial charge in [-0.05, 0) is 33.7 Å². The van der Waals surface area contributed by atoms with Crippen LogP contribution in [0.3, 0.4) is 0 Å². The average Bonchev–Trinajstić information content (AvgIpc) is 3.11. The first-order chi connectivity index (χ1) is 8.56. The quantitative estimate of drug-likeness (QED) is 0.806. The highest BCUT2D eigenvalue weighted by atomic mass is 35.5. The van der Waals surface area contributed by atoms with Crippen LogP contribution in [-0.4, -0.2) is 41.0 Å². The number of halogens is 1. The summed E-state index contributed by atoms with van der Waals surface area (Å²) in [7, 11) is 2.12. The van der Waals surface area contributed by atoms with E-state index < -0.39 is 0 Å². The van der Waals surface area contributed by atoms with Crippen LogP contribution in [0.5, 0.6) is 0 Å². The summed E-state index contributed by atoms with van der Waals surface area (Å²) in [6.45, 7) is 6.23. The molecular formula is C13H21ClN4. The van der Waals surface area contributed by atoms with E-state index in [1.165, 1.54) is 12.8 Å². The molecule has 0 atom stereocenters. The number of hydrogen-bond acceptors (Lipinski definition) is 4. The summed E-state index contributed by atoms with van der Waals surface area (Å²) in [5.74, 6) is 2.26. The van der Waals surface area contributed by atoms with Crippen molar-refractivity contribution in [2.45, 2.75) is 38.6 Å². The van der Waals surface area contributed by atoms with E-state index in [0.717, 1.165) is 24.7 Å². The van der Waals surface area contributed by atoms with Crippen LogP contribution in [0.2, 0.25) is 5.15 Å². The third-order valence-corrected chi connectivity index (χ3v) is 3.50. The van der Waals surface area contributed by atoms with E-state index in [2.05, 4.69) is 41.1 Å². The number of hydrogen-bond donors (Lipinski definition) is 1. The molecule has 1 heterocycles. The Kier molecular flexibility index (Phi) is 4.40. The zero-order chi connectivity index (χ0) is 13.1. The molecule has 0 unspecified atom stereocenters. The van der Waals surface area contributed by atoms with Crippen molar-refractivity contribution < 1.29 is 0 Å². The molecule has 1 aromatic heterocycles. The van der Waals surface area contributed by atoms with Crippen molar-refractivity contribution in [3.8, 4) is 0 Å². The third-order valence-electron chi connectivity index (χ3n) is 3.31. The molecule has 0 radical (unpaired) electrons. The van der Waals surface area contributed by atoms with Crippen LogP contribution >= 0.6 is 11.6 Å². The third kappa shape index (κ3) is 3.82. The molecular weight excluding hydrogens is 248 g/mol. The molecule has 1 N–H and O–H groups in total. The van der Waals surface area contributed by atoms with E-state index in [0.29, 0.717) is 17.1 Å². The van der Waals surface area contributed by atoms with E-state index >= 15 is 0 Å². The molecule has 1 fully saturated rings. The van der Waals surface area contributed by atoms with Crippen molar-refractivity contribution in [2.75, 3.05) is 25.5 Å². The van der Waals surface area contributed by atoms with Crippen LogP contribution in [0.15, 0.2) is 6.07 Å². The first-order valence-electron chi connectivity index (χ1n) is 6.55. The summed E-state index contributed by atoms with van der Waals surface area (Å²) in [4.78, 5) is 11.1. The molecule has 5 heteroatoms. The minimum Gasteiger partial charge on any atom is -0.369 e. The number of aromatic nitrogens is 2. The van der Waals surface area contributed by atoms with E-state index in [1.54, 1.807) is 6.07 Å². The lowest BCUT2D eigenvalue weighted by molar-refractivity contribution is 0.284. The molecule has 2 rings (SSSR count). The second-order valence-corrected chi connectivity index (χ2v) is 5.60. The first-order valence-corrected chi connectivity index (χ1v) is 6.92. The van der Waals surface area contributed by atoms with Crippen LogP contribution in [0.4, 0.5) is 5.82 Å². The van der Waals surface area contributed by atoms with Crippen molar-refractivity contribution in [3.63, 3.8) is 0 Å². The van der Waals surface area contributed by atoms with Gasteiger partial charge >= 0.3 is 0 Å². The van der Waals surface area contributed by atoms with Crippen molar-refractivity contribution in [1.82, 2.24) is 14.9 Å². The average molecular weight is 269 g/mol. The van der Waals surface area contributed by atoms with Crippen molar-refractivity contribution in [2.24, 2.45) is 0 Å². The van der Waals surface area contributed by atoms with Gasteiger partial charge in [0.25, 0.3) is 0 Å². The lowest BCUT2D eigenvalue weighted by atomic mass is 10.3. The Morgan fingerprint density at radius 1 is 1.44 bits per heavy atom. The molecule has 1 aromatic rings. The van der Waals surface area contributed by atoms with Crippen LogP contribution < -0.4 is 5.32 Å². The van der Waals surface area contributed by atoms with Crippen LogP contribution in [0.25, 0.3) is 0 Å². The van der Waals surface area contributed by atoms with Crippen molar-refractivity contribution >= 4 is 17.4 Å². The highest BCUT2D eigenvalue weighted by molar-refractivity contribution is 6.29. The van der Waals surface area contributed by atoms with Gasteiger partial charge in [-0.2, -0.15) is 0 Å². The summed E-state index contributed by atoms with van der Waals surface area (Å²) in [6.07, 6.45) is 2.38. The highest BCUT2D eigenvalue weighted by Gasteiger charge is 2.27. The number of likely N-dealkylation sites (N-methyl/N-ethyl adjacent to an activating group) is 1. The van der Waals surface area contributed by atoms with Crippen LogP contribution in [0.1, 0.15) is 38.4 Å². The Morgan fingerprint density at radius 2 is 2.17 bits per heavy atom. The SMILES string of the molecule is CC(C)N(C)CCNc1cc(Cl)nc(C2CC2)n1. The molecule has 1 saturated carbocycles. The van der Waals surface area contributed by atoms with Gasteiger partial charge in [0.05, 0.1) is 0 Å². The summed E-state index contributed by atoms with van der Waals surface area (Å²) < 4.78 is 0. The fourth-order valence-electron chi connectivity index (χ4n) is 1.67. The molecule has 18 heavy (non-hydrogen) atoms. The maximum atomic E-state index is 6.01. The van der Waals surface area contributed by atoms with Gasteiger partial charge in [0.2, 0.25) is 0 Å². The Labute approximate surface area is 114 Å². The second kappa shape index (κ2) is 5.85. The normalized spacial score (nSPS) is 15.4. The molecule has 0 bridgehead atoms. The molecule has 4 nitrogen and oxygen atoms in total. The zero-order valence-corrected chi connectivity index (χ0v) is 12.0. The lowest BCUT2D eigenvalue weighted by Crippen LogP contribution is -2.31. The maximum absolute atomic E-state index is 6.01. The van der Waals surface area contributed by atoms with Crippen molar-refractivity contribution in [3.05, 3.63) is 17.0 Å². The number of nitrogens with one attached hydrogen (secondary N) is 1. The minimum absolute atomic E-state index is 0.530. The second-order valence-electron chi connectivity index (χ2n) is 5.21. The standard InChI is InChI=1S/C13H21ClN4/c1-9(2)18(3)7-6-15-12-8-11(14)16-13(17-12)10-4-5-10/h8-10H,4-7H2,1-3H3,(H,15,16,17). The molecule has 0 saturated heterocycles. The Morgan fingerprint density at radius 3 is 2.78 bits per heavy atom. The van der Waals surface area contributed by atoms with Gasteiger partial charge in [-0.1, -0.05) is 11.6 Å². The topological polar surface area (TPSA) is 41.0 Å². The largest absolute Gasteiger partial charge is 0.369 e. The van der Waals surface area contributed by atoms with Gasteiger partial charge in [-0.25, -0.2) is 9.97 Å². The van der Waals surface area contributed by atoms with Crippen molar-refractivity contribution in [1.29, 1.82) is 0 Å². The molecule has 1 aliphatic rings. The molecule has 0 aromatic carbocycles. The highest BCUT2D eigenvalue weighted by Crippen LogP contribution is 2.38. The minimum atomic E-state index is 0.530. The molecule has 0 amide bonds. The van der Waals surface area contributed by atoms with Gasteiger partial charge in [0.15, 0.2) is 0 Å². The van der Waals surface area contributed by atoms with Gasteiger partial charge in [0.1, 0.15) is 16.8 Å². The van der Waals surface area contributed by atoms with E-state index in [9.17, 15) is 0 Å². The number of rotatable bonds is 6. The maximum Gasteiger partial charge on any atom is 0.135 e. The Hall–Kier alpha value is -0.870. The monoisotopic (exact) mass is 268 g/mol. The summed E-state index contributed by atoms with van der Waals surface area (Å²) in [5.41, 5.74) is 0. The number of nitrogens with zero attached hydrogens (tertiary/aromatic N) is 3. The van der Waals surface area contributed by atoms with Gasteiger partial charge in [0, 0.05) is 31.1 Å². The molecule has 1 aliphatic carbocycles. The molecule has 0 spiro atoms. The fourth-order valence-corrected chi connectivity index (χ4v) is 1.86. The van der Waals surface area contributed by atoms with Gasteiger partial charge in [-0.15, -0.1) is 0 Å².